The van der Waals surface area contributed by atoms with Crippen LogP contribution in [0.4, 0.5) is 5.69 Å². The third-order valence-corrected chi connectivity index (χ3v) is 4.40. The van der Waals surface area contributed by atoms with E-state index in [4.69, 9.17) is 9.57 Å². The molecule has 0 aromatic carbocycles. The first-order chi connectivity index (χ1) is 10.8. The molecule has 0 saturated heterocycles. The number of carbonyl (C=O) groups excluding carboxylic acids is 1. The first-order valence-electron chi connectivity index (χ1n) is 7.22. The van der Waals surface area contributed by atoms with Crippen LogP contribution in [0.15, 0.2) is 35.8 Å². The second-order valence-electron chi connectivity index (χ2n) is 5.11. The number of ether oxygens (including phenoxy) is 1. The molecule has 5 nitrogen and oxygen atoms in total. The molecule has 0 fully saturated rings. The van der Waals surface area contributed by atoms with Crippen molar-refractivity contribution in [2.45, 2.75) is 18.9 Å². The number of thiophene rings is 1. The summed E-state index contributed by atoms with van der Waals surface area (Å²) in [7, 11) is 1.67. The number of methoxy groups -OCH3 is 1. The Morgan fingerprint density at radius 2 is 2.32 bits per heavy atom. The fourth-order valence-electron chi connectivity index (χ4n) is 2.51. The van der Waals surface area contributed by atoms with E-state index in [0.717, 1.165) is 12.1 Å². The molecule has 0 spiro atoms. The number of hydroxylamine groups is 1. The minimum absolute atomic E-state index is 0.0667. The molecular weight excluding hydrogens is 300 g/mol. The minimum Gasteiger partial charge on any atom is -0.382 e. The van der Waals surface area contributed by atoms with E-state index >= 15 is 0 Å². The van der Waals surface area contributed by atoms with E-state index in [0.29, 0.717) is 25.3 Å². The van der Waals surface area contributed by atoms with Gasteiger partial charge in [0.05, 0.1) is 18.8 Å². The average molecular weight is 318 g/mol. The molecule has 2 aromatic rings. The Bertz CT molecular complexity index is 630. The summed E-state index contributed by atoms with van der Waals surface area (Å²) in [6.07, 6.45) is 2.75. The van der Waals surface area contributed by atoms with Crippen molar-refractivity contribution in [1.82, 2.24) is 4.98 Å². The van der Waals surface area contributed by atoms with Crippen LogP contribution in [-0.4, -0.2) is 37.1 Å². The number of anilines is 1. The van der Waals surface area contributed by atoms with Crippen LogP contribution in [0.25, 0.3) is 0 Å². The fourth-order valence-corrected chi connectivity index (χ4v) is 3.28. The third kappa shape index (κ3) is 3.35. The summed E-state index contributed by atoms with van der Waals surface area (Å²) >= 11 is 1.70. The molecular formula is C16H18N2O3S. The van der Waals surface area contributed by atoms with E-state index in [1.165, 1.54) is 4.88 Å². The Kier molecular flexibility index (Phi) is 4.82. The summed E-state index contributed by atoms with van der Waals surface area (Å²) in [6, 6.07) is 7.81. The molecule has 2 aromatic heterocycles. The summed E-state index contributed by atoms with van der Waals surface area (Å²) in [4.78, 5) is 23.5. The minimum atomic E-state index is -0.0927. The van der Waals surface area contributed by atoms with Crippen molar-refractivity contribution in [1.29, 1.82) is 0 Å². The molecule has 3 rings (SSSR count). The van der Waals surface area contributed by atoms with E-state index in [9.17, 15) is 4.79 Å². The zero-order valence-electron chi connectivity index (χ0n) is 12.4. The van der Waals surface area contributed by atoms with Gasteiger partial charge in [-0.05, 0) is 23.6 Å². The lowest BCUT2D eigenvalue weighted by Crippen LogP contribution is -2.38. The van der Waals surface area contributed by atoms with E-state index < -0.39 is 0 Å². The highest BCUT2D eigenvalue weighted by Gasteiger charge is 2.27. The SMILES string of the molecule is COCC(Cc1cccs1)ON1CCC(=O)c2ncccc21. The van der Waals surface area contributed by atoms with Crippen LogP contribution in [-0.2, 0) is 16.0 Å². The van der Waals surface area contributed by atoms with Crippen LogP contribution in [0, 0.1) is 0 Å². The maximum absolute atomic E-state index is 11.9. The predicted molar refractivity (Wildman–Crippen MR) is 85.3 cm³/mol. The lowest BCUT2D eigenvalue weighted by molar-refractivity contribution is -0.0163. The Hall–Kier alpha value is -1.76. The number of Topliss-reactive ketones (excluding diaryl/α,β-unsaturated/α-hetero) is 1. The van der Waals surface area contributed by atoms with Gasteiger partial charge in [0.25, 0.3) is 0 Å². The molecule has 0 bridgehead atoms. The topological polar surface area (TPSA) is 51.7 Å². The van der Waals surface area contributed by atoms with E-state index in [1.807, 2.05) is 18.2 Å². The van der Waals surface area contributed by atoms with Crippen LogP contribution in [0.2, 0.25) is 0 Å². The van der Waals surface area contributed by atoms with Crippen LogP contribution in [0.3, 0.4) is 0 Å². The van der Waals surface area contributed by atoms with E-state index in [2.05, 4.69) is 16.4 Å². The van der Waals surface area contributed by atoms with Crippen molar-refractivity contribution in [2.75, 3.05) is 25.3 Å². The van der Waals surface area contributed by atoms with Gasteiger partial charge in [0.15, 0.2) is 5.78 Å². The van der Waals surface area contributed by atoms with Gasteiger partial charge >= 0.3 is 0 Å². The van der Waals surface area contributed by atoms with Crippen LogP contribution >= 0.6 is 11.3 Å². The Balaban J connectivity index is 1.75. The van der Waals surface area contributed by atoms with Crippen molar-refractivity contribution in [3.63, 3.8) is 0 Å². The molecule has 22 heavy (non-hydrogen) atoms. The van der Waals surface area contributed by atoms with Crippen molar-refractivity contribution in [3.8, 4) is 0 Å². The smallest absolute Gasteiger partial charge is 0.185 e. The second kappa shape index (κ2) is 7.00. The highest BCUT2D eigenvalue weighted by molar-refractivity contribution is 7.09. The van der Waals surface area contributed by atoms with Gasteiger partial charge in [-0.1, -0.05) is 6.07 Å². The van der Waals surface area contributed by atoms with E-state index in [-0.39, 0.29) is 11.9 Å². The summed E-state index contributed by atoms with van der Waals surface area (Å²) in [5.41, 5.74) is 1.23. The van der Waals surface area contributed by atoms with Gasteiger partial charge in [-0.2, -0.15) is 0 Å². The van der Waals surface area contributed by atoms with Gasteiger partial charge in [0, 0.05) is 31.0 Å². The number of fused-ring (bicyclic) bond motifs is 1. The molecule has 0 N–H and O–H groups in total. The first kappa shape index (κ1) is 15.1. The van der Waals surface area contributed by atoms with E-state index in [1.54, 1.807) is 29.7 Å². The third-order valence-electron chi connectivity index (χ3n) is 3.50. The molecule has 1 atom stereocenters. The standard InChI is InChI=1S/C16H18N2O3S/c1-20-11-12(10-13-4-3-9-22-13)21-18-8-6-15(19)16-14(18)5-2-7-17-16/h2-5,7,9,12H,6,8,10-11H2,1H3. The molecule has 0 aliphatic carbocycles. The van der Waals surface area contributed by atoms with Crippen molar-refractivity contribution in [2.24, 2.45) is 0 Å². The molecule has 6 heteroatoms. The van der Waals surface area contributed by atoms with Crippen molar-refractivity contribution >= 4 is 22.8 Å². The Morgan fingerprint density at radius 3 is 3.09 bits per heavy atom. The summed E-state index contributed by atoms with van der Waals surface area (Å²) in [5, 5.41) is 3.83. The lowest BCUT2D eigenvalue weighted by atomic mass is 10.1. The molecule has 3 heterocycles. The lowest BCUT2D eigenvalue weighted by Gasteiger charge is -2.32. The maximum Gasteiger partial charge on any atom is 0.185 e. The van der Waals surface area contributed by atoms with Gasteiger partial charge in [0.2, 0.25) is 0 Å². The molecule has 1 unspecified atom stereocenters. The average Bonchev–Trinajstić information content (AvgIpc) is 3.03. The van der Waals surface area contributed by atoms with Gasteiger partial charge in [0.1, 0.15) is 11.8 Å². The van der Waals surface area contributed by atoms with Crippen LogP contribution in [0.1, 0.15) is 21.8 Å². The monoisotopic (exact) mass is 318 g/mol. The number of ketones is 1. The first-order valence-corrected chi connectivity index (χ1v) is 8.09. The molecule has 0 saturated carbocycles. The van der Waals surface area contributed by atoms with Gasteiger partial charge in [-0.3, -0.25) is 19.7 Å². The summed E-state index contributed by atoms with van der Waals surface area (Å²) in [6.45, 7) is 1.04. The summed E-state index contributed by atoms with van der Waals surface area (Å²) in [5.74, 6) is 0.0667. The number of aromatic nitrogens is 1. The molecule has 0 radical (unpaired) electrons. The molecule has 1 aliphatic heterocycles. The summed E-state index contributed by atoms with van der Waals surface area (Å²) < 4.78 is 5.27. The zero-order valence-corrected chi connectivity index (χ0v) is 13.2. The van der Waals surface area contributed by atoms with Gasteiger partial charge < -0.3 is 4.74 Å². The highest BCUT2D eigenvalue weighted by Crippen LogP contribution is 2.26. The van der Waals surface area contributed by atoms with Crippen LogP contribution < -0.4 is 5.06 Å². The normalized spacial score (nSPS) is 15.7. The number of hydrogen-bond donors (Lipinski definition) is 0. The van der Waals surface area contributed by atoms with Gasteiger partial charge in [-0.15, -0.1) is 11.3 Å². The quantitative estimate of drug-likeness (QED) is 0.820. The number of carbonyl (C=O) groups is 1. The predicted octanol–water partition coefficient (Wildman–Crippen LogP) is 2.73. The molecule has 0 amide bonds. The fraction of sp³-hybridized carbons (Fsp3) is 0.375. The largest absolute Gasteiger partial charge is 0.382 e. The molecule has 116 valence electrons. The highest BCUT2D eigenvalue weighted by atomic mass is 32.1. The number of rotatable bonds is 6. The van der Waals surface area contributed by atoms with Crippen LogP contribution in [0.5, 0.6) is 0 Å². The Morgan fingerprint density at radius 1 is 1.41 bits per heavy atom. The number of pyridine rings is 1. The number of nitrogens with zero attached hydrogens (tertiary/aromatic N) is 2. The second-order valence-corrected chi connectivity index (χ2v) is 6.14. The van der Waals surface area contributed by atoms with Crippen molar-refractivity contribution < 1.29 is 14.4 Å². The van der Waals surface area contributed by atoms with Gasteiger partial charge in [-0.25, -0.2) is 0 Å². The maximum atomic E-state index is 11.9. The zero-order chi connectivity index (χ0) is 15.4. The van der Waals surface area contributed by atoms with Crippen molar-refractivity contribution in [3.05, 3.63) is 46.4 Å². The Labute approximate surface area is 133 Å². The molecule has 1 aliphatic rings. The number of hydrogen-bond acceptors (Lipinski definition) is 6.